The predicted octanol–water partition coefficient (Wildman–Crippen LogP) is 1.78. The fraction of sp³-hybridized carbons (Fsp3) is 0.462. The van der Waals surface area contributed by atoms with Crippen LogP contribution in [0.25, 0.3) is 11.5 Å². The van der Waals surface area contributed by atoms with Crippen molar-refractivity contribution < 1.29 is 4.57 Å². The zero-order valence-corrected chi connectivity index (χ0v) is 11.0. The molecule has 86 valence electrons. The molecule has 0 unspecified atom stereocenters. The summed E-state index contributed by atoms with van der Waals surface area (Å²) >= 11 is 0. The topological polar surface area (TPSA) is 13.7 Å². The molecule has 0 radical (unpaired) electrons. The van der Waals surface area contributed by atoms with Gasteiger partial charge >= 0.3 is 5.82 Å². The van der Waals surface area contributed by atoms with Crippen LogP contribution in [0.3, 0.4) is 0 Å². The molecule has 0 fully saturated rings. The van der Waals surface area contributed by atoms with Crippen molar-refractivity contribution in [1.82, 2.24) is 9.13 Å². The maximum absolute atomic E-state index is 2.25. The summed E-state index contributed by atoms with van der Waals surface area (Å²) < 4.78 is 6.67. The van der Waals surface area contributed by atoms with Crippen LogP contribution in [0.2, 0.25) is 0 Å². The molecule has 3 heteroatoms. The first kappa shape index (κ1) is 11.0. The van der Waals surface area contributed by atoms with Crippen LogP contribution < -0.4 is 4.57 Å². The van der Waals surface area contributed by atoms with E-state index in [0.717, 1.165) is 0 Å². The highest BCUT2D eigenvalue weighted by atomic mass is 15.2. The van der Waals surface area contributed by atoms with E-state index in [9.17, 15) is 0 Å². The van der Waals surface area contributed by atoms with Crippen LogP contribution in [-0.2, 0) is 21.1 Å². The van der Waals surface area contributed by atoms with Crippen molar-refractivity contribution in [2.75, 3.05) is 0 Å². The molecule has 0 bridgehead atoms. The standard InChI is InChI=1S/C13H20N3/c1-9-7-12(16(6)11(9)3)13-14(4)8-10(2)15(13)5/h7-8H,1-6H3/q+1. The molecule has 0 atom stereocenters. The summed E-state index contributed by atoms with van der Waals surface area (Å²) in [5.74, 6) is 1.25. The van der Waals surface area contributed by atoms with E-state index < -0.39 is 0 Å². The number of imidazole rings is 1. The molecule has 3 nitrogen and oxygen atoms in total. The minimum atomic E-state index is 1.25. The Morgan fingerprint density at radius 3 is 2.06 bits per heavy atom. The first-order chi connectivity index (χ1) is 7.43. The van der Waals surface area contributed by atoms with E-state index in [2.05, 4.69) is 67.9 Å². The van der Waals surface area contributed by atoms with E-state index in [4.69, 9.17) is 0 Å². The first-order valence-electron chi connectivity index (χ1n) is 5.58. The lowest BCUT2D eigenvalue weighted by Gasteiger charge is -2.03. The summed E-state index contributed by atoms with van der Waals surface area (Å²) in [5, 5.41) is 0. The fourth-order valence-corrected chi connectivity index (χ4v) is 2.25. The van der Waals surface area contributed by atoms with E-state index in [-0.39, 0.29) is 0 Å². The molecule has 2 heterocycles. The third-order valence-electron chi connectivity index (χ3n) is 3.58. The van der Waals surface area contributed by atoms with E-state index in [0.29, 0.717) is 0 Å². The van der Waals surface area contributed by atoms with Crippen LogP contribution in [0.15, 0.2) is 12.3 Å². The van der Waals surface area contributed by atoms with Gasteiger partial charge in [0.05, 0.1) is 14.1 Å². The maximum atomic E-state index is 2.25. The van der Waals surface area contributed by atoms with E-state index in [1.807, 2.05) is 0 Å². The molecule has 2 aromatic heterocycles. The number of nitrogens with zero attached hydrogens (tertiary/aromatic N) is 3. The quantitative estimate of drug-likeness (QED) is 0.648. The third kappa shape index (κ3) is 1.39. The Hall–Kier alpha value is -1.51. The molecule has 0 aliphatic carbocycles. The Morgan fingerprint density at radius 2 is 1.69 bits per heavy atom. The molecule has 0 spiro atoms. The summed E-state index contributed by atoms with van der Waals surface area (Å²) in [5.41, 5.74) is 5.22. The van der Waals surface area contributed by atoms with Gasteiger partial charge in [-0.25, -0.2) is 9.13 Å². The minimum absolute atomic E-state index is 1.25. The first-order valence-corrected chi connectivity index (χ1v) is 5.58. The van der Waals surface area contributed by atoms with E-state index in [1.54, 1.807) is 0 Å². The van der Waals surface area contributed by atoms with Crippen LogP contribution in [0, 0.1) is 20.8 Å². The molecule has 0 N–H and O–H groups in total. The third-order valence-corrected chi connectivity index (χ3v) is 3.58. The Kier molecular flexibility index (Phi) is 2.41. The highest BCUT2D eigenvalue weighted by molar-refractivity contribution is 5.52. The van der Waals surface area contributed by atoms with Gasteiger partial charge in [0, 0.05) is 19.7 Å². The van der Waals surface area contributed by atoms with Crippen molar-refractivity contribution in [3.8, 4) is 11.5 Å². The summed E-state index contributed by atoms with van der Waals surface area (Å²) in [7, 11) is 6.34. The second kappa shape index (κ2) is 3.51. The van der Waals surface area contributed by atoms with Gasteiger partial charge in [-0.2, -0.15) is 0 Å². The Balaban J connectivity index is 2.72. The molecule has 0 aliphatic rings. The average Bonchev–Trinajstić information content (AvgIpc) is 2.60. The van der Waals surface area contributed by atoms with Crippen molar-refractivity contribution >= 4 is 0 Å². The summed E-state index contributed by atoms with van der Waals surface area (Å²) in [6, 6.07) is 2.25. The van der Waals surface area contributed by atoms with Gasteiger partial charge in [0.2, 0.25) is 0 Å². The average molecular weight is 218 g/mol. The van der Waals surface area contributed by atoms with Crippen LogP contribution in [0.4, 0.5) is 0 Å². The molecule has 0 aliphatic heterocycles. The van der Waals surface area contributed by atoms with Gasteiger partial charge in [0.15, 0.2) is 0 Å². The van der Waals surface area contributed by atoms with Crippen molar-refractivity contribution in [2.24, 2.45) is 21.1 Å². The van der Waals surface area contributed by atoms with Crippen molar-refractivity contribution in [2.45, 2.75) is 20.8 Å². The van der Waals surface area contributed by atoms with Gasteiger partial charge in [-0.15, -0.1) is 0 Å². The highest BCUT2D eigenvalue weighted by Gasteiger charge is 2.21. The molecule has 0 saturated carbocycles. The van der Waals surface area contributed by atoms with Crippen molar-refractivity contribution in [1.29, 1.82) is 0 Å². The molecule has 0 amide bonds. The minimum Gasteiger partial charge on any atom is -0.342 e. The second-order valence-electron chi connectivity index (χ2n) is 4.62. The molecule has 0 aromatic carbocycles. The molecule has 2 rings (SSSR count). The lowest BCUT2D eigenvalue weighted by Crippen LogP contribution is -2.29. The van der Waals surface area contributed by atoms with Crippen LogP contribution in [0.1, 0.15) is 17.0 Å². The molecule has 0 saturated heterocycles. The van der Waals surface area contributed by atoms with Gasteiger partial charge in [-0.1, -0.05) is 0 Å². The number of hydrogen-bond donors (Lipinski definition) is 0. The summed E-state index contributed by atoms with van der Waals surface area (Å²) in [4.78, 5) is 0. The second-order valence-corrected chi connectivity index (χ2v) is 4.62. The van der Waals surface area contributed by atoms with Crippen LogP contribution >= 0.6 is 0 Å². The molecular formula is C13H20N3+. The fourth-order valence-electron chi connectivity index (χ4n) is 2.25. The monoisotopic (exact) mass is 218 g/mol. The largest absolute Gasteiger partial charge is 0.342 e. The van der Waals surface area contributed by atoms with Gasteiger partial charge in [-0.3, -0.25) is 0 Å². The predicted molar refractivity (Wildman–Crippen MR) is 65.2 cm³/mol. The number of hydrogen-bond acceptors (Lipinski definition) is 0. The number of aromatic nitrogens is 3. The van der Waals surface area contributed by atoms with Gasteiger partial charge < -0.3 is 4.57 Å². The Bertz CT molecular complexity index is 544. The van der Waals surface area contributed by atoms with Gasteiger partial charge in [0.1, 0.15) is 17.6 Å². The van der Waals surface area contributed by atoms with Gasteiger partial charge in [-0.05, 0) is 25.5 Å². The van der Waals surface area contributed by atoms with E-state index >= 15 is 0 Å². The van der Waals surface area contributed by atoms with Crippen LogP contribution in [-0.4, -0.2) is 9.13 Å². The summed E-state index contributed by atoms with van der Waals surface area (Å²) in [6.07, 6.45) is 2.16. The molecule has 2 aromatic rings. The van der Waals surface area contributed by atoms with Crippen molar-refractivity contribution in [3.05, 3.63) is 29.2 Å². The number of rotatable bonds is 1. The Morgan fingerprint density at radius 1 is 1.06 bits per heavy atom. The molecule has 16 heavy (non-hydrogen) atoms. The number of aryl methyl sites for hydroxylation is 3. The molecular weight excluding hydrogens is 198 g/mol. The van der Waals surface area contributed by atoms with Gasteiger partial charge in [0.25, 0.3) is 0 Å². The lowest BCUT2D eigenvalue weighted by atomic mass is 10.3. The highest BCUT2D eigenvalue weighted by Crippen LogP contribution is 2.22. The normalized spacial score (nSPS) is 11.1. The Labute approximate surface area is 96.9 Å². The lowest BCUT2D eigenvalue weighted by molar-refractivity contribution is -0.659. The SMILES string of the molecule is Cc1cc(-c2n(C)c(C)c[n+]2C)n(C)c1C. The van der Waals surface area contributed by atoms with Crippen LogP contribution in [0.5, 0.6) is 0 Å². The van der Waals surface area contributed by atoms with E-state index in [1.165, 1.54) is 28.5 Å². The van der Waals surface area contributed by atoms with Crippen molar-refractivity contribution in [3.63, 3.8) is 0 Å². The zero-order valence-electron chi connectivity index (χ0n) is 11.0. The zero-order chi connectivity index (χ0) is 12.0. The smallest absolute Gasteiger partial charge is 0.305 e. The summed E-state index contributed by atoms with van der Waals surface area (Å²) in [6.45, 7) is 6.45. The maximum Gasteiger partial charge on any atom is 0.305 e.